The maximum atomic E-state index is 13.5. The van der Waals surface area contributed by atoms with Gasteiger partial charge in [0.25, 0.3) is 0 Å². The molecule has 3 heteroatoms. The second-order valence-corrected chi connectivity index (χ2v) is 6.00. The summed E-state index contributed by atoms with van der Waals surface area (Å²) in [7, 11) is 0. The fourth-order valence-electron chi connectivity index (χ4n) is 2.49. The fourth-order valence-corrected chi connectivity index (χ4v) is 3.91. The molecule has 1 nitrogen and oxygen atoms in total. The Labute approximate surface area is 107 Å². The number of hydrogen-bond donors (Lipinski definition) is 1. The number of nitrogens with one attached hydrogen (secondary N) is 1. The third kappa shape index (κ3) is 3.23. The molecular weight excluding hydrogens is 233 g/mol. The van der Waals surface area contributed by atoms with Crippen molar-refractivity contribution in [3.63, 3.8) is 0 Å². The van der Waals surface area contributed by atoms with Gasteiger partial charge in [0.1, 0.15) is 5.82 Å². The van der Waals surface area contributed by atoms with Gasteiger partial charge in [0, 0.05) is 11.3 Å². The zero-order valence-corrected chi connectivity index (χ0v) is 11.3. The van der Waals surface area contributed by atoms with E-state index in [1.54, 1.807) is 12.1 Å². The van der Waals surface area contributed by atoms with Crippen molar-refractivity contribution in [2.75, 3.05) is 12.3 Å². The highest BCUT2D eigenvalue weighted by Gasteiger charge is 2.26. The van der Waals surface area contributed by atoms with Crippen LogP contribution in [0.3, 0.4) is 0 Å². The second kappa shape index (κ2) is 5.87. The van der Waals surface area contributed by atoms with Crippen LogP contribution in [-0.2, 0) is 0 Å². The van der Waals surface area contributed by atoms with Crippen molar-refractivity contribution in [2.24, 2.45) is 0 Å². The van der Waals surface area contributed by atoms with Crippen LogP contribution in [0.1, 0.15) is 36.9 Å². The molecule has 1 aromatic carbocycles. The second-order valence-electron chi connectivity index (χ2n) is 4.65. The minimum Gasteiger partial charge on any atom is -0.309 e. The number of aryl methyl sites for hydroxylation is 1. The molecule has 0 radical (unpaired) electrons. The quantitative estimate of drug-likeness (QED) is 0.878. The van der Waals surface area contributed by atoms with Crippen LogP contribution in [0.2, 0.25) is 0 Å². The summed E-state index contributed by atoms with van der Waals surface area (Å²) in [4.78, 5) is 0. The number of benzene rings is 1. The lowest BCUT2D eigenvalue weighted by molar-refractivity contribution is 0.514. The topological polar surface area (TPSA) is 12.0 Å². The maximum absolute atomic E-state index is 13.5. The van der Waals surface area contributed by atoms with Crippen molar-refractivity contribution >= 4 is 11.8 Å². The molecule has 1 N–H and O–H groups in total. The lowest BCUT2D eigenvalue weighted by Crippen LogP contribution is -2.29. The average Bonchev–Trinajstić information content (AvgIpc) is 2.77. The van der Waals surface area contributed by atoms with Gasteiger partial charge in [0.2, 0.25) is 0 Å². The minimum atomic E-state index is -0.120. The van der Waals surface area contributed by atoms with Gasteiger partial charge in [-0.2, -0.15) is 11.8 Å². The van der Waals surface area contributed by atoms with E-state index >= 15 is 0 Å². The molecule has 0 spiro atoms. The zero-order chi connectivity index (χ0) is 12.3. The molecule has 0 bridgehead atoms. The molecule has 94 valence electrons. The molecule has 0 amide bonds. The van der Waals surface area contributed by atoms with E-state index in [0.29, 0.717) is 11.3 Å². The Balaban J connectivity index is 2.24. The summed E-state index contributed by atoms with van der Waals surface area (Å²) in [6.07, 6.45) is 2.52. The van der Waals surface area contributed by atoms with Gasteiger partial charge in [0.15, 0.2) is 0 Å². The van der Waals surface area contributed by atoms with Crippen LogP contribution >= 0.6 is 11.8 Å². The Bertz CT molecular complexity index is 354. The van der Waals surface area contributed by atoms with Gasteiger partial charge in [0.05, 0.1) is 0 Å². The molecule has 1 fully saturated rings. The molecular formula is C14H20FNS. The van der Waals surface area contributed by atoms with Crippen molar-refractivity contribution in [2.45, 2.75) is 38.0 Å². The Morgan fingerprint density at radius 1 is 1.47 bits per heavy atom. The molecule has 1 saturated heterocycles. The van der Waals surface area contributed by atoms with Crippen molar-refractivity contribution < 1.29 is 4.39 Å². The van der Waals surface area contributed by atoms with Gasteiger partial charge in [-0.3, -0.25) is 0 Å². The molecule has 17 heavy (non-hydrogen) atoms. The Morgan fingerprint density at radius 3 is 2.88 bits per heavy atom. The standard InChI is InChI=1S/C14H20FNS/c1-3-16-14(13-5-4-6-17-13)11-7-10(2)8-12(15)9-11/h7-9,13-14,16H,3-6H2,1-2H3. The van der Waals surface area contributed by atoms with Gasteiger partial charge in [-0.25, -0.2) is 4.39 Å². The summed E-state index contributed by atoms with van der Waals surface area (Å²) in [6, 6.07) is 5.67. The number of hydrogen-bond acceptors (Lipinski definition) is 2. The van der Waals surface area contributed by atoms with Gasteiger partial charge >= 0.3 is 0 Å². The molecule has 2 rings (SSSR count). The molecule has 1 aliphatic rings. The van der Waals surface area contributed by atoms with Crippen LogP contribution in [-0.4, -0.2) is 17.5 Å². The zero-order valence-electron chi connectivity index (χ0n) is 10.5. The summed E-state index contributed by atoms with van der Waals surface area (Å²) < 4.78 is 13.5. The first kappa shape index (κ1) is 12.9. The highest BCUT2D eigenvalue weighted by atomic mass is 32.2. The molecule has 1 aliphatic heterocycles. The first-order valence-electron chi connectivity index (χ1n) is 6.33. The fraction of sp³-hybridized carbons (Fsp3) is 0.571. The predicted octanol–water partition coefficient (Wildman–Crippen LogP) is 3.68. The van der Waals surface area contributed by atoms with E-state index in [4.69, 9.17) is 0 Å². The summed E-state index contributed by atoms with van der Waals surface area (Å²) in [5, 5.41) is 4.10. The van der Waals surface area contributed by atoms with Crippen LogP contribution in [0.25, 0.3) is 0 Å². The first-order chi connectivity index (χ1) is 8.20. The summed E-state index contributed by atoms with van der Waals surface area (Å²) in [6.45, 7) is 4.99. The molecule has 2 atom stereocenters. The Morgan fingerprint density at radius 2 is 2.29 bits per heavy atom. The summed E-state index contributed by atoms with van der Waals surface area (Å²) >= 11 is 2.01. The van der Waals surface area contributed by atoms with Crippen LogP contribution in [0.4, 0.5) is 4.39 Å². The third-order valence-electron chi connectivity index (χ3n) is 3.18. The van der Waals surface area contributed by atoms with Crippen LogP contribution in [0.5, 0.6) is 0 Å². The van der Waals surface area contributed by atoms with E-state index in [0.717, 1.165) is 17.7 Å². The van der Waals surface area contributed by atoms with Crippen LogP contribution in [0, 0.1) is 12.7 Å². The van der Waals surface area contributed by atoms with E-state index in [2.05, 4.69) is 18.3 Å². The van der Waals surface area contributed by atoms with E-state index in [-0.39, 0.29) is 5.82 Å². The summed E-state index contributed by atoms with van der Waals surface area (Å²) in [5.74, 6) is 1.12. The van der Waals surface area contributed by atoms with Crippen LogP contribution < -0.4 is 5.32 Å². The third-order valence-corrected chi connectivity index (χ3v) is 4.64. The van der Waals surface area contributed by atoms with Gasteiger partial charge < -0.3 is 5.32 Å². The van der Waals surface area contributed by atoms with Crippen molar-refractivity contribution in [1.29, 1.82) is 0 Å². The van der Waals surface area contributed by atoms with Crippen molar-refractivity contribution in [3.8, 4) is 0 Å². The summed E-state index contributed by atoms with van der Waals surface area (Å²) in [5.41, 5.74) is 2.11. The molecule has 2 unspecified atom stereocenters. The number of thioether (sulfide) groups is 1. The van der Waals surface area contributed by atoms with Crippen LogP contribution in [0.15, 0.2) is 18.2 Å². The normalized spacial score (nSPS) is 21.7. The number of rotatable bonds is 4. The maximum Gasteiger partial charge on any atom is 0.123 e. The van der Waals surface area contributed by atoms with E-state index < -0.39 is 0 Å². The molecule has 1 heterocycles. The molecule has 1 aromatic rings. The Hall–Kier alpha value is -0.540. The first-order valence-corrected chi connectivity index (χ1v) is 7.37. The number of halogens is 1. The van der Waals surface area contributed by atoms with E-state index in [1.165, 1.54) is 18.6 Å². The average molecular weight is 253 g/mol. The Kier molecular flexibility index (Phi) is 4.46. The largest absolute Gasteiger partial charge is 0.309 e. The monoisotopic (exact) mass is 253 g/mol. The smallest absolute Gasteiger partial charge is 0.123 e. The van der Waals surface area contributed by atoms with Gasteiger partial charge in [-0.05, 0) is 55.3 Å². The SMILES string of the molecule is CCNC(c1cc(C)cc(F)c1)C1CCCS1. The van der Waals surface area contributed by atoms with E-state index in [9.17, 15) is 4.39 Å². The highest BCUT2D eigenvalue weighted by Crippen LogP contribution is 2.36. The molecule has 0 aromatic heterocycles. The lowest BCUT2D eigenvalue weighted by Gasteiger charge is -2.24. The lowest BCUT2D eigenvalue weighted by atomic mass is 9.99. The van der Waals surface area contributed by atoms with Gasteiger partial charge in [-0.15, -0.1) is 0 Å². The van der Waals surface area contributed by atoms with Crippen molar-refractivity contribution in [1.82, 2.24) is 5.32 Å². The van der Waals surface area contributed by atoms with Crippen molar-refractivity contribution in [3.05, 3.63) is 35.1 Å². The molecule has 0 aliphatic carbocycles. The predicted molar refractivity (Wildman–Crippen MR) is 73.0 cm³/mol. The molecule has 0 saturated carbocycles. The highest BCUT2D eigenvalue weighted by molar-refractivity contribution is 8.00. The minimum absolute atomic E-state index is 0.120. The van der Waals surface area contributed by atoms with E-state index in [1.807, 2.05) is 18.7 Å². The van der Waals surface area contributed by atoms with Gasteiger partial charge in [-0.1, -0.05) is 13.0 Å².